The molecule has 2 aliphatic heterocycles. The van der Waals surface area contributed by atoms with E-state index >= 15 is 0 Å². The molecule has 3 aliphatic rings. The van der Waals surface area contributed by atoms with E-state index in [9.17, 15) is 19.2 Å². The predicted octanol–water partition coefficient (Wildman–Crippen LogP) is 0.795. The third-order valence-corrected chi connectivity index (χ3v) is 5.47. The Morgan fingerprint density at radius 1 is 1.20 bits per heavy atom. The molecular formula is C17H25N3O5. The third-order valence-electron chi connectivity index (χ3n) is 5.47. The number of imide groups is 1. The zero-order valence-electron chi connectivity index (χ0n) is 14.6. The highest BCUT2D eigenvalue weighted by atomic mass is 16.5. The maximum Gasteiger partial charge on any atom is 0.326 e. The van der Waals surface area contributed by atoms with Gasteiger partial charge in [-0.3, -0.25) is 19.3 Å². The number of likely N-dealkylation sites (tertiary alicyclic amines) is 1. The normalized spacial score (nSPS) is 25.4. The Hall–Kier alpha value is -2.12. The smallest absolute Gasteiger partial charge is 0.326 e. The fourth-order valence-electron chi connectivity index (χ4n) is 4.01. The van der Waals surface area contributed by atoms with Gasteiger partial charge in [0.15, 0.2) is 6.61 Å². The number of rotatable bonds is 4. The highest BCUT2D eigenvalue weighted by molar-refractivity contribution is 6.08. The number of carbonyl (C=O) groups is 4. The zero-order chi connectivity index (χ0) is 18.0. The molecule has 0 unspecified atom stereocenters. The first kappa shape index (κ1) is 17.7. The van der Waals surface area contributed by atoms with E-state index in [0.29, 0.717) is 19.4 Å². The number of nitrogens with one attached hydrogen (secondary N) is 1. The molecule has 2 heterocycles. The summed E-state index contributed by atoms with van der Waals surface area (Å²) in [6.07, 6.45) is 5.97. The van der Waals surface area contributed by atoms with Gasteiger partial charge in [-0.2, -0.15) is 0 Å². The summed E-state index contributed by atoms with van der Waals surface area (Å²) in [5.74, 6) is -1.33. The number of urea groups is 1. The summed E-state index contributed by atoms with van der Waals surface area (Å²) < 4.78 is 5.01. The molecule has 25 heavy (non-hydrogen) atoms. The molecule has 1 saturated carbocycles. The van der Waals surface area contributed by atoms with E-state index in [4.69, 9.17) is 4.74 Å². The predicted molar refractivity (Wildman–Crippen MR) is 87.4 cm³/mol. The molecule has 8 nitrogen and oxygen atoms in total. The van der Waals surface area contributed by atoms with Crippen molar-refractivity contribution in [1.82, 2.24) is 15.1 Å². The van der Waals surface area contributed by atoms with Gasteiger partial charge in [0, 0.05) is 12.6 Å². The lowest BCUT2D eigenvalue weighted by molar-refractivity contribution is -0.155. The topological polar surface area (TPSA) is 96.0 Å². The zero-order valence-corrected chi connectivity index (χ0v) is 14.6. The highest BCUT2D eigenvalue weighted by Crippen LogP contribution is 2.34. The first-order chi connectivity index (χ1) is 11.9. The van der Waals surface area contributed by atoms with E-state index in [-0.39, 0.29) is 24.5 Å². The van der Waals surface area contributed by atoms with Crippen molar-refractivity contribution in [2.24, 2.45) is 0 Å². The highest BCUT2D eigenvalue weighted by Gasteiger charge is 2.52. The number of piperidine rings is 1. The van der Waals surface area contributed by atoms with Crippen LogP contribution in [0.5, 0.6) is 0 Å². The van der Waals surface area contributed by atoms with Crippen molar-refractivity contribution in [3.05, 3.63) is 0 Å². The molecule has 8 heteroatoms. The van der Waals surface area contributed by atoms with Crippen molar-refractivity contribution < 1.29 is 23.9 Å². The summed E-state index contributed by atoms with van der Waals surface area (Å²) in [7, 11) is 0. The van der Waals surface area contributed by atoms with Gasteiger partial charge >= 0.3 is 12.0 Å². The summed E-state index contributed by atoms with van der Waals surface area (Å²) >= 11 is 0. The van der Waals surface area contributed by atoms with Crippen LogP contribution in [0.3, 0.4) is 0 Å². The van der Waals surface area contributed by atoms with Gasteiger partial charge in [-0.05, 0) is 39.0 Å². The standard InChI is InChI=1S/C17H25N3O5/c1-12-6-2-5-9-19(12)13(21)11-25-14(22)10-20-15(23)17(18-16(20)24)7-3-4-8-17/h12H,2-11H2,1H3,(H,18,24)/t12-/m0/s1. The van der Waals surface area contributed by atoms with Crippen molar-refractivity contribution in [2.45, 2.75) is 63.5 Å². The molecule has 0 radical (unpaired) electrons. The number of nitrogens with zero attached hydrogens (tertiary/aromatic N) is 2. The summed E-state index contributed by atoms with van der Waals surface area (Å²) in [5, 5.41) is 2.71. The molecule has 1 N–H and O–H groups in total. The van der Waals surface area contributed by atoms with Gasteiger partial charge in [0.25, 0.3) is 11.8 Å². The molecule has 0 bridgehead atoms. The number of amides is 4. The second-order valence-electron chi connectivity index (χ2n) is 7.20. The van der Waals surface area contributed by atoms with Crippen LogP contribution in [0.4, 0.5) is 4.79 Å². The molecule has 0 aromatic heterocycles. The van der Waals surface area contributed by atoms with Gasteiger partial charge in [0.05, 0.1) is 0 Å². The quantitative estimate of drug-likeness (QED) is 0.597. The second kappa shape index (κ2) is 7.01. The van der Waals surface area contributed by atoms with Crippen LogP contribution >= 0.6 is 0 Å². The first-order valence-electron chi connectivity index (χ1n) is 9.02. The lowest BCUT2D eigenvalue weighted by Gasteiger charge is -2.33. The number of esters is 1. The average Bonchev–Trinajstić information content (AvgIpc) is 3.14. The molecule has 3 fully saturated rings. The molecule has 3 rings (SSSR count). The van der Waals surface area contributed by atoms with Gasteiger partial charge in [-0.25, -0.2) is 4.79 Å². The molecule has 1 spiro atoms. The van der Waals surface area contributed by atoms with Gasteiger partial charge in [-0.1, -0.05) is 12.8 Å². The fourth-order valence-corrected chi connectivity index (χ4v) is 4.01. The van der Waals surface area contributed by atoms with Crippen LogP contribution in [0.25, 0.3) is 0 Å². The second-order valence-corrected chi connectivity index (χ2v) is 7.20. The first-order valence-corrected chi connectivity index (χ1v) is 9.02. The van der Waals surface area contributed by atoms with Crippen LogP contribution in [-0.4, -0.2) is 64.9 Å². The van der Waals surface area contributed by atoms with Crippen molar-refractivity contribution in [3.8, 4) is 0 Å². The third kappa shape index (κ3) is 3.48. The van der Waals surface area contributed by atoms with Crippen LogP contribution < -0.4 is 5.32 Å². The SMILES string of the molecule is C[C@H]1CCCCN1C(=O)COC(=O)CN1C(=O)NC2(CCCC2)C1=O. The maximum absolute atomic E-state index is 12.5. The minimum Gasteiger partial charge on any atom is -0.454 e. The van der Waals surface area contributed by atoms with Crippen molar-refractivity contribution in [2.75, 3.05) is 19.7 Å². The number of carbonyl (C=O) groups excluding carboxylic acids is 4. The van der Waals surface area contributed by atoms with Crippen molar-refractivity contribution in [1.29, 1.82) is 0 Å². The van der Waals surface area contributed by atoms with Crippen LogP contribution in [-0.2, 0) is 19.1 Å². The molecule has 1 atom stereocenters. The lowest BCUT2D eigenvalue weighted by atomic mass is 9.98. The van der Waals surface area contributed by atoms with Gasteiger partial charge in [-0.15, -0.1) is 0 Å². The number of ether oxygens (including phenoxy) is 1. The van der Waals surface area contributed by atoms with Crippen LogP contribution in [0.15, 0.2) is 0 Å². The summed E-state index contributed by atoms with van der Waals surface area (Å²) in [5.41, 5.74) is -0.837. The van der Waals surface area contributed by atoms with Crippen molar-refractivity contribution in [3.63, 3.8) is 0 Å². The van der Waals surface area contributed by atoms with E-state index in [1.807, 2.05) is 6.92 Å². The summed E-state index contributed by atoms with van der Waals surface area (Å²) in [4.78, 5) is 51.3. The minimum absolute atomic E-state index is 0.146. The Balaban J connectivity index is 1.50. The Morgan fingerprint density at radius 2 is 1.92 bits per heavy atom. The summed E-state index contributed by atoms with van der Waals surface area (Å²) in [6.45, 7) is 1.85. The number of hydrogen-bond acceptors (Lipinski definition) is 5. The Labute approximate surface area is 146 Å². The molecule has 4 amide bonds. The lowest BCUT2D eigenvalue weighted by Crippen LogP contribution is -2.45. The molecule has 0 aromatic carbocycles. The minimum atomic E-state index is -0.837. The Bertz CT molecular complexity index is 585. The van der Waals surface area contributed by atoms with E-state index in [0.717, 1.165) is 37.0 Å². The van der Waals surface area contributed by atoms with E-state index < -0.39 is 24.1 Å². The fraction of sp³-hybridized carbons (Fsp3) is 0.765. The maximum atomic E-state index is 12.5. The number of hydrogen-bond donors (Lipinski definition) is 1. The average molecular weight is 351 g/mol. The molecule has 2 saturated heterocycles. The Morgan fingerprint density at radius 3 is 2.60 bits per heavy atom. The molecular weight excluding hydrogens is 326 g/mol. The van der Waals surface area contributed by atoms with Crippen LogP contribution in [0.2, 0.25) is 0 Å². The molecule has 1 aliphatic carbocycles. The van der Waals surface area contributed by atoms with Crippen LogP contribution in [0, 0.1) is 0 Å². The largest absolute Gasteiger partial charge is 0.454 e. The Kier molecular flexibility index (Phi) is 4.96. The van der Waals surface area contributed by atoms with E-state index in [1.54, 1.807) is 4.90 Å². The monoisotopic (exact) mass is 351 g/mol. The van der Waals surface area contributed by atoms with E-state index in [2.05, 4.69) is 5.32 Å². The van der Waals surface area contributed by atoms with Gasteiger partial charge in [0.2, 0.25) is 0 Å². The van der Waals surface area contributed by atoms with E-state index in [1.165, 1.54) is 0 Å². The van der Waals surface area contributed by atoms with Crippen molar-refractivity contribution >= 4 is 23.8 Å². The molecule has 0 aromatic rings. The van der Waals surface area contributed by atoms with Gasteiger partial charge in [0.1, 0.15) is 12.1 Å². The van der Waals surface area contributed by atoms with Crippen LogP contribution in [0.1, 0.15) is 51.9 Å². The molecule has 138 valence electrons. The van der Waals surface area contributed by atoms with Gasteiger partial charge < -0.3 is 15.0 Å². The summed E-state index contributed by atoms with van der Waals surface area (Å²) in [6, 6.07) is -0.409.